The molecule has 6 heteroatoms. The quantitative estimate of drug-likeness (QED) is 0.710. The van der Waals surface area contributed by atoms with Gasteiger partial charge in [-0.25, -0.2) is 4.79 Å². The SMILES string of the molecule is CCNC(=O)NC(=O)CN[C@H](c1ccc(C(C)C)cc1)c1cccs1. The molecule has 25 heavy (non-hydrogen) atoms. The van der Waals surface area contributed by atoms with Crippen molar-refractivity contribution in [1.82, 2.24) is 16.0 Å². The van der Waals surface area contributed by atoms with Crippen molar-refractivity contribution in [2.24, 2.45) is 0 Å². The van der Waals surface area contributed by atoms with Crippen molar-refractivity contribution < 1.29 is 9.59 Å². The van der Waals surface area contributed by atoms with Gasteiger partial charge < -0.3 is 5.32 Å². The Morgan fingerprint density at radius 2 is 1.76 bits per heavy atom. The maximum Gasteiger partial charge on any atom is 0.321 e. The molecule has 0 saturated carbocycles. The second-order valence-corrected chi connectivity index (χ2v) is 7.04. The standard InChI is InChI=1S/C19H25N3O2S/c1-4-20-19(24)22-17(23)12-21-18(16-6-5-11-25-16)15-9-7-14(8-10-15)13(2)3/h5-11,13,18,21H,4,12H2,1-3H3,(H2,20,22,23,24)/t18-/m1/s1. The zero-order chi connectivity index (χ0) is 18.2. The van der Waals surface area contributed by atoms with Crippen LogP contribution in [0.2, 0.25) is 0 Å². The summed E-state index contributed by atoms with van der Waals surface area (Å²) in [6, 6.07) is 11.9. The van der Waals surface area contributed by atoms with E-state index in [0.29, 0.717) is 12.5 Å². The molecular formula is C19H25N3O2S. The molecule has 3 amide bonds. The molecule has 3 N–H and O–H groups in total. The number of rotatable bonds is 7. The summed E-state index contributed by atoms with van der Waals surface area (Å²) in [4.78, 5) is 24.5. The van der Waals surface area contributed by atoms with Crippen molar-refractivity contribution >= 4 is 23.3 Å². The number of imide groups is 1. The van der Waals surface area contributed by atoms with Gasteiger partial charge in [0.25, 0.3) is 0 Å². The molecule has 0 bridgehead atoms. The molecule has 0 aliphatic heterocycles. The molecule has 1 heterocycles. The summed E-state index contributed by atoms with van der Waals surface area (Å²) in [7, 11) is 0. The number of carbonyl (C=O) groups is 2. The molecule has 5 nitrogen and oxygen atoms in total. The van der Waals surface area contributed by atoms with Crippen LogP contribution in [0.5, 0.6) is 0 Å². The Balaban J connectivity index is 2.07. The van der Waals surface area contributed by atoms with Gasteiger partial charge in [-0.05, 0) is 35.4 Å². The van der Waals surface area contributed by atoms with Gasteiger partial charge in [-0.15, -0.1) is 11.3 Å². The predicted octanol–water partition coefficient (Wildman–Crippen LogP) is 3.40. The summed E-state index contributed by atoms with van der Waals surface area (Å²) in [6.07, 6.45) is 0. The first-order valence-electron chi connectivity index (χ1n) is 8.45. The van der Waals surface area contributed by atoms with Crippen LogP contribution in [-0.2, 0) is 4.79 Å². The molecule has 0 unspecified atom stereocenters. The monoisotopic (exact) mass is 359 g/mol. The lowest BCUT2D eigenvalue weighted by Gasteiger charge is -2.18. The second kappa shape index (κ2) is 9.34. The minimum atomic E-state index is -0.469. The first-order valence-corrected chi connectivity index (χ1v) is 9.33. The third kappa shape index (κ3) is 5.69. The number of urea groups is 1. The molecule has 1 aromatic carbocycles. The van der Waals surface area contributed by atoms with E-state index in [1.807, 2.05) is 17.5 Å². The van der Waals surface area contributed by atoms with Crippen molar-refractivity contribution in [2.75, 3.05) is 13.1 Å². The van der Waals surface area contributed by atoms with E-state index < -0.39 is 6.03 Å². The number of nitrogens with one attached hydrogen (secondary N) is 3. The number of hydrogen-bond acceptors (Lipinski definition) is 4. The van der Waals surface area contributed by atoms with Crippen LogP contribution < -0.4 is 16.0 Å². The summed E-state index contributed by atoms with van der Waals surface area (Å²) in [5.41, 5.74) is 2.38. The van der Waals surface area contributed by atoms with Gasteiger partial charge in [0.2, 0.25) is 5.91 Å². The van der Waals surface area contributed by atoms with E-state index in [0.717, 1.165) is 10.4 Å². The van der Waals surface area contributed by atoms with E-state index >= 15 is 0 Å². The first kappa shape index (κ1) is 19.1. The molecule has 1 atom stereocenters. The smallest absolute Gasteiger partial charge is 0.321 e. The summed E-state index contributed by atoms with van der Waals surface area (Å²) >= 11 is 1.64. The summed E-state index contributed by atoms with van der Waals surface area (Å²) in [6.45, 7) is 6.67. The van der Waals surface area contributed by atoms with Gasteiger partial charge in [0, 0.05) is 11.4 Å². The van der Waals surface area contributed by atoms with Gasteiger partial charge >= 0.3 is 6.03 Å². The lowest BCUT2D eigenvalue weighted by Crippen LogP contribution is -2.43. The number of carbonyl (C=O) groups excluding carboxylic acids is 2. The molecule has 134 valence electrons. The summed E-state index contributed by atoms with van der Waals surface area (Å²) in [5, 5.41) is 10.1. The van der Waals surface area contributed by atoms with Crippen LogP contribution in [0.1, 0.15) is 48.7 Å². The molecule has 0 radical (unpaired) electrons. The number of amides is 3. The second-order valence-electron chi connectivity index (χ2n) is 6.06. The van der Waals surface area contributed by atoms with Gasteiger partial charge in [-0.1, -0.05) is 44.2 Å². The minimum Gasteiger partial charge on any atom is -0.338 e. The van der Waals surface area contributed by atoms with Crippen LogP contribution in [0.3, 0.4) is 0 Å². The predicted molar refractivity (Wildman–Crippen MR) is 102 cm³/mol. The molecule has 1 aromatic heterocycles. The van der Waals surface area contributed by atoms with E-state index in [-0.39, 0.29) is 18.5 Å². The van der Waals surface area contributed by atoms with Crippen LogP contribution in [0, 0.1) is 0 Å². The fourth-order valence-electron chi connectivity index (χ4n) is 2.48. The average molecular weight is 359 g/mol. The van der Waals surface area contributed by atoms with E-state index in [1.165, 1.54) is 5.56 Å². The van der Waals surface area contributed by atoms with Gasteiger partial charge in [0.15, 0.2) is 0 Å². The Kier molecular flexibility index (Phi) is 7.16. The lowest BCUT2D eigenvalue weighted by atomic mass is 9.98. The zero-order valence-electron chi connectivity index (χ0n) is 14.8. The highest BCUT2D eigenvalue weighted by Gasteiger charge is 2.17. The molecule has 0 saturated heterocycles. The van der Waals surface area contributed by atoms with Gasteiger partial charge in [-0.2, -0.15) is 0 Å². The fraction of sp³-hybridized carbons (Fsp3) is 0.368. The Bertz CT molecular complexity index is 681. The van der Waals surface area contributed by atoms with Gasteiger partial charge in [0.1, 0.15) is 0 Å². The molecule has 0 fully saturated rings. The Labute approximate surface area is 152 Å². The average Bonchev–Trinajstić information content (AvgIpc) is 3.10. The van der Waals surface area contributed by atoms with Crippen molar-refractivity contribution in [3.05, 3.63) is 57.8 Å². The van der Waals surface area contributed by atoms with Crippen LogP contribution in [0.15, 0.2) is 41.8 Å². The van der Waals surface area contributed by atoms with E-state index in [4.69, 9.17) is 0 Å². The van der Waals surface area contributed by atoms with Crippen molar-refractivity contribution in [1.29, 1.82) is 0 Å². The van der Waals surface area contributed by atoms with Crippen molar-refractivity contribution in [2.45, 2.75) is 32.7 Å². The van der Waals surface area contributed by atoms with Crippen molar-refractivity contribution in [3.8, 4) is 0 Å². The molecule has 0 aliphatic carbocycles. The summed E-state index contributed by atoms with van der Waals surface area (Å²) in [5.74, 6) is 0.122. The minimum absolute atomic E-state index is 0.0611. The zero-order valence-corrected chi connectivity index (χ0v) is 15.7. The number of thiophene rings is 1. The molecule has 2 aromatic rings. The lowest BCUT2D eigenvalue weighted by molar-refractivity contribution is -0.119. The summed E-state index contributed by atoms with van der Waals surface area (Å²) < 4.78 is 0. The maximum absolute atomic E-state index is 11.9. The van der Waals surface area contributed by atoms with Crippen LogP contribution >= 0.6 is 11.3 Å². The number of benzene rings is 1. The van der Waals surface area contributed by atoms with Crippen molar-refractivity contribution in [3.63, 3.8) is 0 Å². The van der Waals surface area contributed by atoms with E-state index in [2.05, 4.69) is 54.1 Å². The van der Waals surface area contributed by atoms with Gasteiger partial charge in [-0.3, -0.25) is 15.4 Å². The number of hydrogen-bond donors (Lipinski definition) is 3. The highest BCUT2D eigenvalue weighted by atomic mass is 32.1. The third-order valence-electron chi connectivity index (χ3n) is 3.82. The highest BCUT2D eigenvalue weighted by molar-refractivity contribution is 7.10. The molecule has 2 rings (SSSR count). The van der Waals surface area contributed by atoms with Crippen LogP contribution in [0.25, 0.3) is 0 Å². The van der Waals surface area contributed by atoms with Crippen LogP contribution in [-0.4, -0.2) is 25.0 Å². The molecular weight excluding hydrogens is 334 g/mol. The molecule has 0 spiro atoms. The van der Waals surface area contributed by atoms with E-state index in [9.17, 15) is 9.59 Å². The topological polar surface area (TPSA) is 70.2 Å². The Morgan fingerprint density at radius 1 is 1.08 bits per heavy atom. The van der Waals surface area contributed by atoms with Gasteiger partial charge in [0.05, 0.1) is 12.6 Å². The normalized spacial score (nSPS) is 12.0. The fourth-order valence-corrected chi connectivity index (χ4v) is 3.31. The molecule has 0 aliphatic rings. The Morgan fingerprint density at radius 3 is 2.32 bits per heavy atom. The maximum atomic E-state index is 11.9. The van der Waals surface area contributed by atoms with Crippen LogP contribution in [0.4, 0.5) is 4.79 Å². The highest BCUT2D eigenvalue weighted by Crippen LogP contribution is 2.27. The third-order valence-corrected chi connectivity index (χ3v) is 4.76. The first-order chi connectivity index (χ1) is 12.0. The largest absolute Gasteiger partial charge is 0.338 e. The van der Waals surface area contributed by atoms with E-state index in [1.54, 1.807) is 18.3 Å². The Hall–Kier alpha value is -2.18.